The van der Waals surface area contributed by atoms with Gasteiger partial charge in [-0.3, -0.25) is 0 Å². The summed E-state index contributed by atoms with van der Waals surface area (Å²) in [5.41, 5.74) is 0.751. The van der Waals surface area contributed by atoms with Gasteiger partial charge in [-0.25, -0.2) is 0 Å². The van der Waals surface area contributed by atoms with E-state index in [0.717, 1.165) is 11.3 Å². The monoisotopic (exact) mass is 181 g/mol. The fourth-order valence-electron chi connectivity index (χ4n) is 2.84. The van der Waals surface area contributed by atoms with Gasteiger partial charge in [0.2, 0.25) is 0 Å². The Kier molecular flexibility index (Phi) is 2.64. The van der Waals surface area contributed by atoms with Crippen molar-refractivity contribution >= 4 is 0 Å². The molecular formula is C12H23N. The summed E-state index contributed by atoms with van der Waals surface area (Å²) in [6, 6.07) is 0.666. The molecule has 0 aliphatic heterocycles. The number of hydrogen-bond acceptors (Lipinski definition) is 1. The number of nitrogens with one attached hydrogen (secondary N) is 1. The van der Waals surface area contributed by atoms with Gasteiger partial charge in [-0.1, -0.05) is 26.7 Å². The van der Waals surface area contributed by atoms with Crippen LogP contribution in [-0.4, -0.2) is 12.6 Å². The summed E-state index contributed by atoms with van der Waals surface area (Å²) in [6.07, 6.45) is 9.01. The topological polar surface area (TPSA) is 12.0 Å². The average Bonchev–Trinajstić information content (AvgIpc) is 2.68. The molecule has 1 heteroatoms. The molecule has 0 spiro atoms. The molecular weight excluding hydrogens is 158 g/mol. The van der Waals surface area contributed by atoms with Crippen LogP contribution in [0.5, 0.6) is 0 Å². The molecule has 0 aromatic rings. The minimum absolute atomic E-state index is 0.666. The van der Waals surface area contributed by atoms with E-state index in [2.05, 4.69) is 19.2 Å². The van der Waals surface area contributed by atoms with E-state index in [1.54, 1.807) is 0 Å². The van der Waals surface area contributed by atoms with Gasteiger partial charge in [0.1, 0.15) is 0 Å². The summed E-state index contributed by atoms with van der Waals surface area (Å²) in [6.45, 7) is 5.80. The summed E-state index contributed by atoms with van der Waals surface area (Å²) in [5, 5.41) is 3.63. The largest absolute Gasteiger partial charge is 0.314 e. The predicted molar refractivity (Wildman–Crippen MR) is 56.8 cm³/mol. The van der Waals surface area contributed by atoms with Crippen LogP contribution in [0.3, 0.4) is 0 Å². The highest BCUT2D eigenvalue weighted by Gasteiger charge is 2.49. The molecule has 2 fully saturated rings. The first-order valence-electron chi connectivity index (χ1n) is 5.96. The minimum atomic E-state index is 0.666. The lowest BCUT2D eigenvalue weighted by Crippen LogP contribution is -2.33. The maximum absolute atomic E-state index is 3.63. The van der Waals surface area contributed by atoms with Crippen molar-refractivity contribution in [2.45, 2.75) is 58.4 Å². The summed E-state index contributed by atoms with van der Waals surface area (Å²) < 4.78 is 0. The van der Waals surface area contributed by atoms with Crippen molar-refractivity contribution in [2.24, 2.45) is 11.3 Å². The van der Waals surface area contributed by atoms with Crippen LogP contribution in [0, 0.1) is 11.3 Å². The second-order valence-electron chi connectivity index (χ2n) is 5.38. The van der Waals surface area contributed by atoms with Crippen LogP contribution in [0.4, 0.5) is 0 Å². The Morgan fingerprint density at radius 1 is 1.23 bits per heavy atom. The fraction of sp³-hybridized carbons (Fsp3) is 1.00. The molecule has 0 unspecified atom stereocenters. The summed E-state index contributed by atoms with van der Waals surface area (Å²) in [5.74, 6) is 1.07. The molecule has 0 radical (unpaired) electrons. The molecule has 0 amide bonds. The first kappa shape index (κ1) is 9.51. The molecule has 2 rings (SSSR count). The molecule has 0 aromatic heterocycles. The molecule has 13 heavy (non-hydrogen) atoms. The van der Waals surface area contributed by atoms with Gasteiger partial charge in [0.15, 0.2) is 0 Å². The Bertz CT molecular complexity index is 164. The van der Waals surface area contributed by atoms with E-state index in [1.807, 2.05) is 0 Å². The van der Waals surface area contributed by atoms with E-state index in [4.69, 9.17) is 0 Å². The second-order valence-corrected chi connectivity index (χ2v) is 5.38. The van der Waals surface area contributed by atoms with Crippen LogP contribution < -0.4 is 5.32 Å². The summed E-state index contributed by atoms with van der Waals surface area (Å²) in [4.78, 5) is 0. The van der Waals surface area contributed by atoms with Gasteiger partial charge >= 0.3 is 0 Å². The van der Waals surface area contributed by atoms with Crippen LogP contribution in [0.1, 0.15) is 52.4 Å². The molecule has 0 bridgehead atoms. The summed E-state index contributed by atoms with van der Waals surface area (Å²) in [7, 11) is 0. The van der Waals surface area contributed by atoms with Crippen LogP contribution >= 0.6 is 0 Å². The van der Waals surface area contributed by atoms with Crippen molar-refractivity contribution in [3.63, 3.8) is 0 Å². The standard InChI is InChI=1S/C12H23N/c1-10(2)13-9-12(7-8-12)11-5-3-4-6-11/h10-11,13H,3-9H2,1-2H3. The highest BCUT2D eigenvalue weighted by molar-refractivity contribution is 5.01. The summed E-state index contributed by atoms with van der Waals surface area (Å²) >= 11 is 0. The third kappa shape index (κ3) is 2.07. The predicted octanol–water partition coefficient (Wildman–Crippen LogP) is 2.95. The Morgan fingerprint density at radius 2 is 1.85 bits per heavy atom. The quantitative estimate of drug-likeness (QED) is 0.703. The first-order chi connectivity index (χ1) is 6.23. The van der Waals surface area contributed by atoms with E-state index < -0.39 is 0 Å². The normalized spacial score (nSPS) is 27.0. The molecule has 1 nitrogen and oxygen atoms in total. The Hall–Kier alpha value is -0.0400. The van der Waals surface area contributed by atoms with Crippen LogP contribution in [-0.2, 0) is 0 Å². The van der Waals surface area contributed by atoms with E-state index in [9.17, 15) is 0 Å². The lowest BCUT2D eigenvalue weighted by Gasteiger charge is -2.24. The lowest BCUT2D eigenvalue weighted by molar-refractivity contribution is 0.291. The molecule has 2 saturated carbocycles. The van der Waals surface area contributed by atoms with Gasteiger partial charge in [0.25, 0.3) is 0 Å². The van der Waals surface area contributed by atoms with Crippen molar-refractivity contribution in [1.29, 1.82) is 0 Å². The zero-order chi connectivity index (χ0) is 9.31. The van der Waals surface area contributed by atoms with Crippen LogP contribution in [0.25, 0.3) is 0 Å². The van der Waals surface area contributed by atoms with Crippen molar-refractivity contribution in [2.75, 3.05) is 6.54 Å². The third-order valence-electron chi connectivity index (χ3n) is 3.98. The van der Waals surface area contributed by atoms with Crippen LogP contribution in [0.15, 0.2) is 0 Å². The van der Waals surface area contributed by atoms with Crippen molar-refractivity contribution < 1.29 is 0 Å². The van der Waals surface area contributed by atoms with E-state index in [1.165, 1.54) is 45.1 Å². The fourth-order valence-corrected chi connectivity index (χ4v) is 2.84. The molecule has 1 N–H and O–H groups in total. The zero-order valence-corrected chi connectivity index (χ0v) is 9.10. The Labute approximate surface area is 82.3 Å². The Balaban J connectivity index is 1.81. The first-order valence-corrected chi connectivity index (χ1v) is 5.96. The molecule has 2 aliphatic rings. The van der Waals surface area contributed by atoms with E-state index >= 15 is 0 Å². The van der Waals surface area contributed by atoms with E-state index in [0.29, 0.717) is 6.04 Å². The van der Waals surface area contributed by atoms with Gasteiger partial charge in [0, 0.05) is 12.6 Å². The van der Waals surface area contributed by atoms with Crippen molar-refractivity contribution in [3.8, 4) is 0 Å². The van der Waals surface area contributed by atoms with Gasteiger partial charge in [-0.05, 0) is 37.0 Å². The molecule has 0 heterocycles. The maximum atomic E-state index is 3.63. The third-order valence-corrected chi connectivity index (χ3v) is 3.98. The van der Waals surface area contributed by atoms with E-state index in [-0.39, 0.29) is 0 Å². The van der Waals surface area contributed by atoms with Crippen molar-refractivity contribution in [3.05, 3.63) is 0 Å². The average molecular weight is 181 g/mol. The molecule has 2 aliphatic carbocycles. The van der Waals surface area contributed by atoms with Crippen LogP contribution in [0.2, 0.25) is 0 Å². The molecule has 0 aromatic carbocycles. The molecule has 76 valence electrons. The Morgan fingerprint density at radius 3 is 2.31 bits per heavy atom. The molecule has 0 atom stereocenters. The number of rotatable bonds is 4. The highest BCUT2D eigenvalue weighted by Crippen LogP contribution is 2.56. The van der Waals surface area contributed by atoms with Gasteiger partial charge in [-0.15, -0.1) is 0 Å². The van der Waals surface area contributed by atoms with Gasteiger partial charge < -0.3 is 5.32 Å². The highest BCUT2D eigenvalue weighted by atomic mass is 14.9. The maximum Gasteiger partial charge on any atom is 0.00128 e. The molecule has 0 saturated heterocycles. The smallest absolute Gasteiger partial charge is 0.00128 e. The lowest BCUT2D eigenvalue weighted by atomic mass is 9.87. The van der Waals surface area contributed by atoms with Crippen molar-refractivity contribution in [1.82, 2.24) is 5.32 Å². The van der Waals surface area contributed by atoms with Gasteiger partial charge in [0.05, 0.1) is 0 Å². The minimum Gasteiger partial charge on any atom is -0.314 e. The SMILES string of the molecule is CC(C)NCC1(C2CCCC2)CC1. The number of hydrogen-bond donors (Lipinski definition) is 1. The van der Waals surface area contributed by atoms with Gasteiger partial charge in [-0.2, -0.15) is 0 Å². The second kappa shape index (κ2) is 3.61. The zero-order valence-electron chi connectivity index (χ0n) is 9.10.